The van der Waals surface area contributed by atoms with Crippen molar-refractivity contribution in [3.05, 3.63) is 29.3 Å². The van der Waals surface area contributed by atoms with Crippen molar-refractivity contribution >= 4 is 11.6 Å². The zero-order valence-corrected chi connectivity index (χ0v) is 16.1. The highest BCUT2D eigenvalue weighted by atomic mass is 35.5. The van der Waals surface area contributed by atoms with E-state index in [1.807, 2.05) is 0 Å². The first-order valence-electron chi connectivity index (χ1n) is 9.60. The van der Waals surface area contributed by atoms with Crippen LogP contribution in [0.3, 0.4) is 0 Å². The van der Waals surface area contributed by atoms with Gasteiger partial charge in [-0.2, -0.15) is 0 Å². The van der Waals surface area contributed by atoms with Gasteiger partial charge in [0.1, 0.15) is 18.0 Å². The van der Waals surface area contributed by atoms with Crippen LogP contribution >= 0.6 is 11.6 Å². The van der Waals surface area contributed by atoms with Crippen molar-refractivity contribution in [2.45, 2.75) is 49.7 Å². The lowest BCUT2D eigenvalue weighted by molar-refractivity contribution is -0.0733. The average molecular weight is 384 g/mol. The van der Waals surface area contributed by atoms with E-state index in [9.17, 15) is 10.2 Å². The average Bonchev–Trinajstić information content (AvgIpc) is 2.93. The minimum absolute atomic E-state index is 0.142. The second-order valence-electron chi connectivity index (χ2n) is 7.87. The number of rotatable bonds is 5. The third-order valence-corrected chi connectivity index (χ3v) is 5.57. The number of β-amino-alcohol motifs (C(OH)–C–C–N with tert-alkyl or cyclic N) is 2. The van der Waals surface area contributed by atoms with Crippen LogP contribution in [0.25, 0.3) is 0 Å². The van der Waals surface area contributed by atoms with Crippen LogP contribution in [-0.2, 0) is 4.74 Å². The van der Waals surface area contributed by atoms with Crippen molar-refractivity contribution in [2.75, 3.05) is 39.5 Å². The van der Waals surface area contributed by atoms with Crippen molar-refractivity contribution in [3.63, 3.8) is 0 Å². The minimum Gasteiger partial charge on any atom is -0.490 e. The first-order valence-corrected chi connectivity index (χ1v) is 9.98. The molecule has 26 heavy (non-hydrogen) atoms. The Balaban J connectivity index is 1.59. The molecular weight excluding hydrogens is 354 g/mol. The standard InChI is InChI=1S/C20H30ClNO4/c21-17-5-7-18(8-6-17)26-16-20(24)14-22(11-12-25-15-20)13-19(23)9-3-1-2-4-10-19/h5-8,23-24H,1-4,9-16H2/t20-/m0/s1. The van der Waals surface area contributed by atoms with E-state index in [1.54, 1.807) is 24.3 Å². The second-order valence-corrected chi connectivity index (χ2v) is 8.31. The predicted octanol–water partition coefficient (Wildman–Crippen LogP) is 2.87. The summed E-state index contributed by atoms with van der Waals surface area (Å²) in [4.78, 5) is 2.13. The fourth-order valence-corrected chi connectivity index (χ4v) is 4.05. The van der Waals surface area contributed by atoms with Crippen LogP contribution in [0.4, 0.5) is 0 Å². The molecule has 1 atom stereocenters. The van der Waals surface area contributed by atoms with Crippen molar-refractivity contribution in [1.82, 2.24) is 4.90 Å². The molecule has 1 saturated heterocycles. The molecule has 2 N–H and O–H groups in total. The molecule has 0 aromatic heterocycles. The molecule has 0 amide bonds. The van der Waals surface area contributed by atoms with Gasteiger partial charge in [-0.15, -0.1) is 0 Å². The van der Waals surface area contributed by atoms with E-state index < -0.39 is 11.2 Å². The molecule has 1 aliphatic carbocycles. The smallest absolute Gasteiger partial charge is 0.134 e. The molecule has 2 fully saturated rings. The Morgan fingerprint density at radius 3 is 2.42 bits per heavy atom. The van der Waals surface area contributed by atoms with Crippen molar-refractivity contribution in [3.8, 4) is 5.75 Å². The number of ether oxygens (including phenoxy) is 2. The Kier molecular flexibility index (Phi) is 6.81. The van der Waals surface area contributed by atoms with E-state index >= 15 is 0 Å². The summed E-state index contributed by atoms with van der Waals surface area (Å²) >= 11 is 5.89. The van der Waals surface area contributed by atoms with Gasteiger partial charge in [0.25, 0.3) is 0 Å². The molecule has 2 aliphatic rings. The summed E-state index contributed by atoms with van der Waals surface area (Å²) in [7, 11) is 0. The van der Waals surface area contributed by atoms with E-state index in [2.05, 4.69) is 4.90 Å². The third-order valence-electron chi connectivity index (χ3n) is 5.31. The Hall–Kier alpha value is -0.850. The van der Waals surface area contributed by atoms with Gasteiger partial charge in [-0.25, -0.2) is 0 Å². The number of benzene rings is 1. The van der Waals surface area contributed by atoms with Gasteiger partial charge in [-0.1, -0.05) is 37.3 Å². The lowest BCUT2D eigenvalue weighted by atomic mass is 9.93. The van der Waals surface area contributed by atoms with Crippen LogP contribution in [0.2, 0.25) is 5.02 Å². The molecule has 1 aromatic rings. The molecule has 1 aliphatic heterocycles. The summed E-state index contributed by atoms with van der Waals surface area (Å²) in [6.07, 6.45) is 6.22. The maximum Gasteiger partial charge on any atom is 0.134 e. The molecule has 1 heterocycles. The second kappa shape index (κ2) is 8.89. The molecule has 1 aromatic carbocycles. The first-order chi connectivity index (χ1) is 12.5. The molecule has 0 radical (unpaired) electrons. The van der Waals surface area contributed by atoms with E-state index in [4.69, 9.17) is 21.1 Å². The lowest BCUT2D eigenvalue weighted by Gasteiger charge is -2.36. The van der Waals surface area contributed by atoms with Gasteiger partial charge in [0.2, 0.25) is 0 Å². The molecule has 0 spiro atoms. The molecule has 5 nitrogen and oxygen atoms in total. The van der Waals surface area contributed by atoms with Crippen LogP contribution in [0.15, 0.2) is 24.3 Å². The quantitative estimate of drug-likeness (QED) is 0.765. The predicted molar refractivity (Wildman–Crippen MR) is 102 cm³/mol. The third kappa shape index (κ3) is 5.83. The zero-order valence-electron chi connectivity index (χ0n) is 15.3. The maximum absolute atomic E-state index is 11.0. The van der Waals surface area contributed by atoms with E-state index in [1.165, 1.54) is 12.8 Å². The fraction of sp³-hybridized carbons (Fsp3) is 0.700. The van der Waals surface area contributed by atoms with Gasteiger partial charge in [0, 0.05) is 24.7 Å². The normalized spacial score (nSPS) is 27.5. The molecule has 3 rings (SSSR count). The number of hydrogen-bond donors (Lipinski definition) is 2. The number of hydrogen-bond acceptors (Lipinski definition) is 5. The molecule has 0 bridgehead atoms. The SMILES string of the molecule is OC1(CN2CCOC[C@](O)(COc3ccc(Cl)cc3)C2)CCCCCC1. The number of nitrogens with zero attached hydrogens (tertiary/aromatic N) is 1. The first kappa shape index (κ1) is 19.9. The minimum atomic E-state index is -1.10. The molecule has 146 valence electrons. The van der Waals surface area contributed by atoms with E-state index in [0.29, 0.717) is 37.0 Å². The topological polar surface area (TPSA) is 62.2 Å². The zero-order chi connectivity index (χ0) is 18.5. The summed E-state index contributed by atoms with van der Waals surface area (Å²) in [5.74, 6) is 0.668. The molecular formula is C20H30ClNO4. The number of aliphatic hydroxyl groups is 2. The lowest BCUT2D eigenvalue weighted by Crippen LogP contribution is -2.52. The Morgan fingerprint density at radius 1 is 1.04 bits per heavy atom. The van der Waals surface area contributed by atoms with Crippen LogP contribution in [0, 0.1) is 0 Å². The Bertz CT molecular complexity index is 559. The largest absolute Gasteiger partial charge is 0.490 e. The van der Waals surface area contributed by atoms with Gasteiger partial charge >= 0.3 is 0 Å². The monoisotopic (exact) mass is 383 g/mol. The van der Waals surface area contributed by atoms with Crippen molar-refractivity contribution in [2.24, 2.45) is 0 Å². The van der Waals surface area contributed by atoms with Crippen LogP contribution in [0.1, 0.15) is 38.5 Å². The van der Waals surface area contributed by atoms with E-state index in [-0.39, 0.29) is 13.2 Å². The van der Waals surface area contributed by atoms with Crippen LogP contribution in [-0.4, -0.2) is 65.8 Å². The van der Waals surface area contributed by atoms with Gasteiger partial charge in [0.15, 0.2) is 0 Å². The summed E-state index contributed by atoms with van der Waals surface area (Å²) < 4.78 is 11.4. The Labute approximate surface area is 160 Å². The maximum atomic E-state index is 11.0. The molecule has 0 unspecified atom stereocenters. The van der Waals surface area contributed by atoms with Gasteiger partial charge in [0.05, 0.1) is 18.8 Å². The highest BCUT2D eigenvalue weighted by Crippen LogP contribution is 2.29. The highest BCUT2D eigenvalue weighted by molar-refractivity contribution is 6.30. The highest BCUT2D eigenvalue weighted by Gasteiger charge is 2.37. The van der Waals surface area contributed by atoms with E-state index in [0.717, 1.165) is 25.7 Å². The van der Waals surface area contributed by atoms with Gasteiger partial charge in [-0.05, 0) is 37.1 Å². The Morgan fingerprint density at radius 2 is 1.73 bits per heavy atom. The fourth-order valence-electron chi connectivity index (χ4n) is 3.93. The number of halogens is 1. The molecule has 1 saturated carbocycles. The van der Waals surface area contributed by atoms with Crippen molar-refractivity contribution in [1.29, 1.82) is 0 Å². The summed E-state index contributed by atoms with van der Waals surface area (Å²) in [6.45, 7) is 2.66. The van der Waals surface area contributed by atoms with Crippen molar-refractivity contribution < 1.29 is 19.7 Å². The van der Waals surface area contributed by atoms with Crippen LogP contribution < -0.4 is 4.74 Å². The van der Waals surface area contributed by atoms with Crippen LogP contribution in [0.5, 0.6) is 5.75 Å². The summed E-state index contributed by atoms with van der Waals surface area (Å²) in [5, 5.41) is 22.6. The van der Waals surface area contributed by atoms with Gasteiger partial charge < -0.3 is 19.7 Å². The van der Waals surface area contributed by atoms with Gasteiger partial charge in [-0.3, -0.25) is 4.90 Å². The summed E-state index contributed by atoms with van der Waals surface area (Å²) in [5.41, 5.74) is -1.75. The summed E-state index contributed by atoms with van der Waals surface area (Å²) in [6, 6.07) is 7.10. The molecule has 6 heteroatoms.